The Bertz CT molecular complexity index is 365. The highest BCUT2D eigenvalue weighted by Crippen LogP contribution is 2.34. The van der Waals surface area contributed by atoms with E-state index in [0.717, 1.165) is 31.6 Å². The number of nitrogens with two attached hydrogens (primary N) is 1. The largest absolute Gasteiger partial charge is 0.371 e. The molecule has 17 heavy (non-hydrogen) atoms. The molecule has 1 aliphatic rings. The molecule has 94 valence electrons. The zero-order chi connectivity index (χ0) is 12.3. The fourth-order valence-electron chi connectivity index (χ4n) is 2.05. The predicted molar refractivity (Wildman–Crippen MR) is 67.7 cm³/mol. The lowest BCUT2D eigenvalue weighted by molar-refractivity contribution is 0.252. The van der Waals surface area contributed by atoms with E-state index in [4.69, 9.17) is 5.73 Å². The first-order valence-corrected chi connectivity index (χ1v) is 6.59. The van der Waals surface area contributed by atoms with E-state index in [2.05, 4.69) is 4.90 Å². The van der Waals surface area contributed by atoms with Gasteiger partial charge in [0.05, 0.1) is 5.69 Å². The normalized spacial score (nSPS) is 17.8. The number of para-hydroxylation sites is 1. The molecule has 1 aromatic rings. The van der Waals surface area contributed by atoms with Gasteiger partial charge in [0.15, 0.2) is 0 Å². The number of piperidine rings is 1. The molecule has 0 atom stereocenters. The maximum absolute atomic E-state index is 12.5. The number of anilines is 1. The number of hydrogen-bond acceptors (Lipinski definition) is 3. The van der Waals surface area contributed by atoms with Gasteiger partial charge in [0.1, 0.15) is 0 Å². The summed E-state index contributed by atoms with van der Waals surface area (Å²) in [6, 6.07) is 7.59. The molecule has 0 aromatic heterocycles. The molecule has 5 heteroatoms. The summed E-state index contributed by atoms with van der Waals surface area (Å²) in [5, 5.41) is 0. The van der Waals surface area contributed by atoms with Crippen molar-refractivity contribution in [3.05, 3.63) is 24.3 Å². The Morgan fingerprint density at radius 3 is 2.53 bits per heavy atom. The van der Waals surface area contributed by atoms with E-state index in [1.807, 2.05) is 12.1 Å². The minimum Gasteiger partial charge on any atom is -0.371 e. The van der Waals surface area contributed by atoms with Crippen molar-refractivity contribution in [3.8, 4) is 0 Å². The highest BCUT2D eigenvalue weighted by molar-refractivity contribution is 7.99. The summed E-state index contributed by atoms with van der Waals surface area (Å²) in [5.74, 6) is -2.37. The molecular weight excluding hydrogens is 242 g/mol. The molecule has 0 radical (unpaired) electrons. The van der Waals surface area contributed by atoms with E-state index in [0.29, 0.717) is 16.7 Å². The van der Waals surface area contributed by atoms with E-state index >= 15 is 0 Å². The summed E-state index contributed by atoms with van der Waals surface area (Å²) in [5.41, 5.74) is 6.75. The molecule has 0 spiro atoms. The number of alkyl halides is 2. The standard InChI is InChI=1S/C12H16F2N2S/c13-12(14)17-11-4-2-1-3-10(11)16-7-5-9(15)6-8-16/h1-4,9,12H,5-8,15H2. The number of halogens is 2. The zero-order valence-corrected chi connectivity index (χ0v) is 10.3. The Morgan fingerprint density at radius 2 is 1.88 bits per heavy atom. The van der Waals surface area contributed by atoms with Crippen molar-refractivity contribution in [1.82, 2.24) is 0 Å². The van der Waals surface area contributed by atoms with Crippen LogP contribution in [0.4, 0.5) is 14.5 Å². The first kappa shape index (κ1) is 12.6. The highest BCUT2D eigenvalue weighted by Gasteiger charge is 2.19. The number of rotatable bonds is 3. The third kappa shape index (κ3) is 3.33. The lowest BCUT2D eigenvalue weighted by Crippen LogP contribution is -2.39. The van der Waals surface area contributed by atoms with Crippen LogP contribution >= 0.6 is 11.8 Å². The molecule has 0 bridgehead atoms. The fourth-order valence-corrected chi connectivity index (χ4v) is 2.72. The second kappa shape index (κ2) is 5.69. The molecule has 0 unspecified atom stereocenters. The van der Waals surface area contributed by atoms with Gasteiger partial charge in [0.2, 0.25) is 0 Å². The molecule has 0 amide bonds. The molecule has 2 N–H and O–H groups in total. The molecule has 1 aromatic carbocycles. The quantitative estimate of drug-likeness (QED) is 0.845. The lowest BCUT2D eigenvalue weighted by atomic mass is 10.1. The number of benzene rings is 1. The third-order valence-corrected chi connectivity index (χ3v) is 3.74. The molecule has 1 fully saturated rings. The second-order valence-corrected chi connectivity index (χ2v) is 5.20. The van der Waals surface area contributed by atoms with Crippen LogP contribution in [0.15, 0.2) is 29.2 Å². The Balaban J connectivity index is 2.14. The fraction of sp³-hybridized carbons (Fsp3) is 0.500. The molecule has 1 aliphatic heterocycles. The van der Waals surface area contributed by atoms with E-state index in [9.17, 15) is 8.78 Å². The Kier molecular flexibility index (Phi) is 4.23. The van der Waals surface area contributed by atoms with Crippen LogP contribution in [0.1, 0.15) is 12.8 Å². The topological polar surface area (TPSA) is 29.3 Å². The van der Waals surface area contributed by atoms with Crippen molar-refractivity contribution >= 4 is 17.4 Å². The van der Waals surface area contributed by atoms with E-state index < -0.39 is 5.76 Å². The molecule has 0 saturated carbocycles. The molecule has 2 rings (SSSR count). The Hall–Kier alpha value is -0.810. The number of nitrogens with zero attached hydrogens (tertiary/aromatic N) is 1. The van der Waals surface area contributed by atoms with Crippen LogP contribution in [0.3, 0.4) is 0 Å². The number of hydrogen-bond donors (Lipinski definition) is 1. The summed E-state index contributed by atoms with van der Waals surface area (Å²) >= 11 is 0.613. The summed E-state index contributed by atoms with van der Waals surface area (Å²) in [7, 11) is 0. The van der Waals surface area contributed by atoms with Gasteiger partial charge in [-0.1, -0.05) is 23.9 Å². The Morgan fingerprint density at radius 1 is 1.24 bits per heavy atom. The van der Waals surface area contributed by atoms with Crippen molar-refractivity contribution in [2.75, 3.05) is 18.0 Å². The van der Waals surface area contributed by atoms with Crippen LogP contribution in [-0.2, 0) is 0 Å². The smallest absolute Gasteiger partial charge is 0.288 e. The minimum absolute atomic E-state index is 0.251. The second-order valence-electron chi connectivity index (χ2n) is 4.17. The maximum atomic E-state index is 12.5. The highest BCUT2D eigenvalue weighted by atomic mass is 32.2. The van der Waals surface area contributed by atoms with Crippen molar-refractivity contribution in [3.63, 3.8) is 0 Å². The molecule has 2 nitrogen and oxygen atoms in total. The van der Waals surface area contributed by atoms with Crippen LogP contribution in [0, 0.1) is 0 Å². The molecule has 0 aliphatic carbocycles. The molecule has 1 saturated heterocycles. The van der Waals surface area contributed by atoms with Gasteiger partial charge in [0, 0.05) is 24.0 Å². The van der Waals surface area contributed by atoms with E-state index in [-0.39, 0.29) is 6.04 Å². The molecule has 1 heterocycles. The van der Waals surface area contributed by atoms with Gasteiger partial charge in [-0.2, -0.15) is 8.78 Å². The van der Waals surface area contributed by atoms with E-state index in [1.165, 1.54) is 0 Å². The minimum atomic E-state index is -2.37. The van der Waals surface area contributed by atoms with Gasteiger partial charge < -0.3 is 10.6 Å². The number of thioether (sulfide) groups is 1. The van der Waals surface area contributed by atoms with Crippen molar-refractivity contribution in [2.45, 2.75) is 29.5 Å². The summed E-state index contributed by atoms with van der Waals surface area (Å²) in [6.07, 6.45) is 1.85. The van der Waals surface area contributed by atoms with Crippen molar-refractivity contribution < 1.29 is 8.78 Å². The van der Waals surface area contributed by atoms with Gasteiger partial charge in [-0.3, -0.25) is 0 Å². The molecular formula is C12H16F2N2S. The summed E-state index contributed by atoms with van der Waals surface area (Å²) in [4.78, 5) is 2.80. The predicted octanol–water partition coefficient (Wildman–Crippen LogP) is 2.93. The van der Waals surface area contributed by atoms with Crippen molar-refractivity contribution in [1.29, 1.82) is 0 Å². The summed E-state index contributed by atoms with van der Waals surface area (Å²) < 4.78 is 24.9. The Labute approximate surface area is 104 Å². The maximum Gasteiger partial charge on any atom is 0.288 e. The van der Waals surface area contributed by atoms with Gasteiger partial charge in [-0.15, -0.1) is 0 Å². The van der Waals surface area contributed by atoms with Crippen molar-refractivity contribution in [2.24, 2.45) is 5.73 Å². The van der Waals surface area contributed by atoms with Crippen LogP contribution < -0.4 is 10.6 Å². The SMILES string of the molecule is NC1CCN(c2ccccc2SC(F)F)CC1. The van der Waals surface area contributed by atoms with Gasteiger partial charge in [0.25, 0.3) is 5.76 Å². The third-order valence-electron chi connectivity index (χ3n) is 2.96. The van der Waals surface area contributed by atoms with Gasteiger partial charge in [-0.25, -0.2) is 0 Å². The monoisotopic (exact) mass is 258 g/mol. The average molecular weight is 258 g/mol. The van der Waals surface area contributed by atoms with E-state index in [1.54, 1.807) is 12.1 Å². The van der Waals surface area contributed by atoms with Gasteiger partial charge >= 0.3 is 0 Å². The average Bonchev–Trinajstić information content (AvgIpc) is 2.30. The summed E-state index contributed by atoms with van der Waals surface area (Å²) in [6.45, 7) is 1.70. The zero-order valence-electron chi connectivity index (χ0n) is 9.48. The van der Waals surface area contributed by atoms with Gasteiger partial charge in [-0.05, 0) is 25.0 Å². The lowest BCUT2D eigenvalue weighted by Gasteiger charge is -2.33. The van der Waals surface area contributed by atoms with Crippen LogP contribution in [0.5, 0.6) is 0 Å². The first-order valence-electron chi connectivity index (χ1n) is 5.71. The van der Waals surface area contributed by atoms with Crippen LogP contribution in [0.2, 0.25) is 0 Å². The van der Waals surface area contributed by atoms with Crippen LogP contribution in [-0.4, -0.2) is 24.9 Å². The first-order chi connectivity index (χ1) is 8.16. The van der Waals surface area contributed by atoms with Crippen LogP contribution in [0.25, 0.3) is 0 Å².